The minimum absolute atomic E-state index is 0.110. The van der Waals surface area contributed by atoms with Gasteiger partial charge in [-0.25, -0.2) is 9.79 Å². The van der Waals surface area contributed by atoms with Gasteiger partial charge in [0.1, 0.15) is 12.4 Å². The van der Waals surface area contributed by atoms with Crippen LogP contribution in [0.1, 0.15) is 42.1 Å². The number of thiazole rings is 1. The van der Waals surface area contributed by atoms with E-state index in [0.29, 0.717) is 47.5 Å². The Labute approximate surface area is 260 Å². The van der Waals surface area contributed by atoms with E-state index >= 15 is 0 Å². The summed E-state index contributed by atoms with van der Waals surface area (Å²) in [6, 6.07) is 16.1. The lowest BCUT2D eigenvalue weighted by Crippen LogP contribution is -2.40. The monoisotopic (exact) mass is 637 g/mol. The number of ether oxygens (including phenoxy) is 2. The van der Waals surface area contributed by atoms with Crippen molar-refractivity contribution in [1.29, 1.82) is 0 Å². The maximum Gasteiger partial charge on any atom is 0.338 e. The van der Waals surface area contributed by atoms with Gasteiger partial charge in [-0.05, 0) is 50.6 Å². The van der Waals surface area contributed by atoms with E-state index in [1.807, 2.05) is 18.2 Å². The second-order valence-electron chi connectivity index (χ2n) is 9.67. The number of rotatable bonds is 8. The molecule has 3 aromatic carbocycles. The number of carbonyl (C=O) groups is 1. The van der Waals surface area contributed by atoms with Gasteiger partial charge in [0.05, 0.1) is 33.4 Å². The number of fused-ring (bicyclic) bond motifs is 1. The highest BCUT2D eigenvalue weighted by Crippen LogP contribution is 2.33. The first-order chi connectivity index (χ1) is 20.6. The molecule has 1 aliphatic heterocycles. The van der Waals surface area contributed by atoms with Crippen LogP contribution in [0.15, 0.2) is 81.7 Å². The van der Waals surface area contributed by atoms with Gasteiger partial charge in [0.25, 0.3) is 11.2 Å². The summed E-state index contributed by atoms with van der Waals surface area (Å²) in [6.07, 6.45) is 1.70. The fourth-order valence-electron chi connectivity index (χ4n) is 4.77. The number of hydrogen-bond acceptors (Lipinski definition) is 8. The van der Waals surface area contributed by atoms with E-state index < -0.39 is 22.5 Å². The zero-order valence-corrected chi connectivity index (χ0v) is 25.6. The smallest absolute Gasteiger partial charge is 0.338 e. The topological polar surface area (TPSA) is 113 Å². The molecule has 0 saturated carbocycles. The summed E-state index contributed by atoms with van der Waals surface area (Å²) in [7, 11) is 0. The molecule has 0 amide bonds. The van der Waals surface area contributed by atoms with Crippen molar-refractivity contribution in [3.05, 3.63) is 134 Å². The Morgan fingerprint density at radius 2 is 1.91 bits per heavy atom. The normalized spacial score (nSPS) is 14.7. The molecule has 0 N–H and O–H groups in total. The van der Waals surface area contributed by atoms with Crippen molar-refractivity contribution in [2.45, 2.75) is 33.4 Å². The highest BCUT2D eigenvalue weighted by Gasteiger charge is 2.34. The van der Waals surface area contributed by atoms with Crippen LogP contribution in [0.5, 0.6) is 5.75 Å². The Balaban J connectivity index is 1.62. The third-order valence-electron chi connectivity index (χ3n) is 6.87. The fourth-order valence-corrected chi connectivity index (χ4v) is 6.27. The molecule has 1 atom stereocenters. The van der Waals surface area contributed by atoms with E-state index in [1.165, 1.54) is 10.6 Å². The minimum Gasteiger partial charge on any atom is -0.488 e. The summed E-state index contributed by atoms with van der Waals surface area (Å²) >= 11 is 13.5. The molecule has 9 nitrogen and oxygen atoms in total. The molecule has 0 spiro atoms. The molecule has 0 aliphatic carbocycles. The summed E-state index contributed by atoms with van der Waals surface area (Å²) in [5, 5.41) is 12.7. The zero-order chi connectivity index (χ0) is 30.8. The number of aromatic nitrogens is 1. The number of nitro benzene ring substituents is 1. The zero-order valence-electron chi connectivity index (χ0n) is 23.3. The van der Waals surface area contributed by atoms with Crippen molar-refractivity contribution in [3.63, 3.8) is 0 Å². The molecule has 0 bridgehead atoms. The van der Waals surface area contributed by atoms with Gasteiger partial charge in [-0.2, -0.15) is 0 Å². The second-order valence-corrected chi connectivity index (χ2v) is 11.5. The van der Waals surface area contributed by atoms with Crippen molar-refractivity contribution in [2.24, 2.45) is 4.99 Å². The summed E-state index contributed by atoms with van der Waals surface area (Å²) in [5.41, 5.74) is 2.20. The molecule has 0 fully saturated rings. The molecule has 12 heteroatoms. The molecule has 220 valence electrons. The Bertz CT molecular complexity index is 1980. The first-order valence-electron chi connectivity index (χ1n) is 13.2. The van der Waals surface area contributed by atoms with E-state index in [4.69, 9.17) is 32.7 Å². The van der Waals surface area contributed by atoms with Crippen LogP contribution in [-0.2, 0) is 16.1 Å². The Morgan fingerprint density at radius 1 is 1.14 bits per heavy atom. The second kappa shape index (κ2) is 12.5. The molecule has 0 unspecified atom stereocenters. The summed E-state index contributed by atoms with van der Waals surface area (Å²) < 4.78 is 13.1. The number of aryl methyl sites for hydroxylation is 1. The number of carbonyl (C=O) groups excluding carboxylic acids is 1. The van der Waals surface area contributed by atoms with E-state index in [2.05, 4.69) is 4.99 Å². The van der Waals surface area contributed by atoms with Gasteiger partial charge in [0, 0.05) is 32.8 Å². The summed E-state index contributed by atoms with van der Waals surface area (Å²) in [6.45, 7) is 5.25. The molecule has 0 saturated heterocycles. The van der Waals surface area contributed by atoms with Crippen LogP contribution in [0.25, 0.3) is 6.08 Å². The van der Waals surface area contributed by atoms with Crippen molar-refractivity contribution in [1.82, 2.24) is 4.57 Å². The average molecular weight is 639 g/mol. The van der Waals surface area contributed by atoms with Gasteiger partial charge in [0.2, 0.25) is 0 Å². The maximum absolute atomic E-state index is 14.0. The first kappa shape index (κ1) is 30.2. The number of para-hydroxylation sites is 1. The molecular formula is C31H25Cl2N3O6S. The number of hydrogen-bond donors (Lipinski definition) is 0. The standard InChI is InChI=1S/C31H25Cl2N3O6S/c1-4-41-30(38)27-18(3)34-31-35(28(27)20-10-9-17(2)24(13-20)36(39)40)29(37)26(43-31)14-19-7-5-6-8-25(19)42-16-21-11-12-22(32)15-23(21)33/h5-15,28H,4,16H2,1-3H3/b26-14+/t28-/m0/s1. The fraction of sp³-hybridized carbons (Fsp3) is 0.194. The lowest BCUT2D eigenvalue weighted by molar-refractivity contribution is -0.385. The SMILES string of the molecule is CCOC(=O)C1=C(C)N=c2s/c(=C/c3ccccc3OCc3ccc(Cl)cc3Cl)c(=O)n2[C@H]1c1ccc(C)c([N+](=O)[O-])c1. The lowest BCUT2D eigenvalue weighted by Gasteiger charge is -2.24. The van der Waals surface area contributed by atoms with Crippen LogP contribution in [0, 0.1) is 17.0 Å². The predicted molar refractivity (Wildman–Crippen MR) is 165 cm³/mol. The van der Waals surface area contributed by atoms with Crippen molar-refractivity contribution >= 4 is 52.3 Å². The van der Waals surface area contributed by atoms with Crippen LogP contribution in [0.2, 0.25) is 10.0 Å². The summed E-state index contributed by atoms with van der Waals surface area (Å²) in [4.78, 5) is 43.3. The van der Waals surface area contributed by atoms with Crippen LogP contribution < -0.4 is 19.6 Å². The number of nitrogens with zero attached hydrogens (tertiary/aromatic N) is 3. The van der Waals surface area contributed by atoms with E-state index in [1.54, 1.807) is 63.2 Å². The van der Waals surface area contributed by atoms with Gasteiger partial charge in [-0.15, -0.1) is 0 Å². The number of esters is 1. The number of benzene rings is 3. The average Bonchev–Trinajstić information content (AvgIpc) is 3.26. The highest BCUT2D eigenvalue weighted by molar-refractivity contribution is 7.07. The minimum atomic E-state index is -0.977. The molecule has 1 aliphatic rings. The van der Waals surface area contributed by atoms with E-state index in [-0.39, 0.29) is 24.5 Å². The molecule has 2 heterocycles. The van der Waals surface area contributed by atoms with Crippen molar-refractivity contribution in [3.8, 4) is 5.75 Å². The number of nitro groups is 1. The highest BCUT2D eigenvalue weighted by atomic mass is 35.5. The lowest BCUT2D eigenvalue weighted by atomic mass is 9.94. The van der Waals surface area contributed by atoms with Gasteiger partial charge in [-0.1, -0.05) is 70.9 Å². The quantitative estimate of drug-likeness (QED) is 0.135. The molecule has 0 radical (unpaired) electrons. The van der Waals surface area contributed by atoms with Crippen LogP contribution in [-0.4, -0.2) is 22.1 Å². The van der Waals surface area contributed by atoms with Gasteiger partial charge < -0.3 is 9.47 Å². The predicted octanol–water partition coefficient (Wildman–Crippen LogP) is 5.90. The molecular weight excluding hydrogens is 613 g/mol. The van der Waals surface area contributed by atoms with E-state index in [9.17, 15) is 19.7 Å². The molecule has 4 aromatic rings. The van der Waals surface area contributed by atoms with E-state index in [0.717, 1.165) is 16.9 Å². The first-order valence-corrected chi connectivity index (χ1v) is 14.8. The van der Waals surface area contributed by atoms with Crippen LogP contribution >= 0.6 is 34.5 Å². The number of allylic oxidation sites excluding steroid dienone is 1. The molecule has 43 heavy (non-hydrogen) atoms. The van der Waals surface area contributed by atoms with Gasteiger partial charge >= 0.3 is 5.97 Å². The maximum atomic E-state index is 14.0. The Morgan fingerprint density at radius 3 is 2.63 bits per heavy atom. The Kier molecular flexibility index (Phi) is 8.82. The van der Waals surface area contributed by atoms with Gasteiger partial charge in [0.15, 0.2) is 4.80 Å². The molecule has 1 aromatic heterocycles. The van der Waals surface area contributed by atoms with Crippen molar-refractivity contribution in [2.75, 3.05) is 6.61 Å². The van der Waals surface area contributed by atoms with Gasteiger partial charge in [-0.3, -0.25) is 19.5 Å². The largest absolute Gasteiger partial charge is 0.488 e. The number of halogens is 2. The summed E-state index contributed by atoms with van der Waals surface area (Å²) in [5.74, 6) is -0.126. The Hall–Kier alpha value is -4.25. The molecule has 5 rings (SSSR count). The van der Waals surface area contributed by atoms with Crippen LogP contribution in [0.4, 0.5) is 5.69 Å². The third-order valence-corrected chi connectivity index (χ3v) is 8.44. The van der Waals surface area contributed by atoms with Crippen LogP contribution in [0.3, 0.4) is 0 Å². The van der Waals surface area contributed by atoms with Crippen molar-refractivity contribution < 1.29 is 19.2 Å². The third kappa shape index (κ3) is 6.13.